The van der Waals surface area contributed by atoms with Crippen molar-refractivity contribution in [3.63, 3.8) is 0 Å². The fourth-order valence-electron chi connectivity index (χ4n) is 3.01. The molecule has 0 saturated carbocycles. The maximum Gasteiger partial charge on any atom is 0.263 e. The van der Waals surface area contributed by atoms with Crippen molar-refractivity contribution >= 4 is 69.4 Å². The van der Waals surface area contributed by atoms with Crippen molar-refractivity contribution in [1.82, 2.24) is 10.6 Å². The second kappa shape index (κ2) is 10.1. The number of carbonyl (C=O) groups excluding carboxylic acids is 3. The summed E-state index contributed by atoms with van der Waals surface area (Å²) in [6, 6.07) is 9.07. The summed E-state index contributed by atoms with van der Waals surface area (Å²) >= 11 is 6.83. The molecule has 3 amide bonds. The van der Waals surface area contributed by atoms with Gasteiger partial charge in [-0.3, -0.25) is 25.0 Å². The summed E-state index contributed by atoms with van der Waals surface area (Å²) in [5.41, 5.74) is 3.25. The Morgan fingerprint density at radius 2 is 1.84 bits per heavy atom. The number of anilines is 1. The molecule has 0 unspecified atom stereocenters. The Kier molecular flexibility index (Phi) is 7.46. The molecule has 2 aromatic carbocycles. The van der Waals surface area contributed by atoms with Gasteiger partial charge in [0.2, 0.25) is 0 Å². The van der Waals surface area contributed by atoms with E-state index in [-0.39, 0.29) is 23.2 Å². The van der Waals surface area contributed by atoms with Crippen LogP contribution in [0.5, 0.6) is 11.5 Å². The first-order valence-corrected chi connectivity index (χ1v) is 10.9. The molecule has 2 aromatic rings. The summed E-state index contributed by atoms with van der Waals surface area (Å²) in [4.78, 5) is 36.5. The van der Waals surface area contributed by atoms with Crippen LogP contribution in [0.3, 0.4) is 0 Å². The summed E-state index contributed by atoms with van der Waals surface area (Å²) in [5.74, 6) is -0.750. The highest BCUT2D eigenvalue weighted by Crippen LogP contribution is 2.34. The number of halogens is 1. The third-order valence-electron chi connectivity index (χ3n) is 4.51. The summed E-state index contributed by atoms with van der Waals surface area (Å²) < 4.78 is 11.8. The lowest BCUT2D eigenvalue weighted by atomic mass is 10.1. The Labute approximate surface area is 203 Å². The smallest absolute Gasteiger partial charge is 0.263 e. The number of carbonyl (C=O) groups is 3. The van der Waals surface area contributed by atoms with E-state index < -0.39 is 11.8 Å². The SMILES string of the molecule is COc1cc(C=C2C(=O)NC(=S)NC2=O)cc(I)c1OCC(=O)Nc1ccc(C)cc1C. The van der Waals surface area contributed by atoms with E-state index in [2.05, 4.69) is 16.0 Å². The van der Waals surface area contributed by atoms with E-state index in [1.165, 1.54) is 13.2 Å². The average molecular weight is 565 g/mol. The Balaban J connectivity index is 1.76. The van der Waals surface area contributed by atoms with Crippen LogP contribution in [-0.2, 0) is 14.4 Å². The molecule has 32 heavy (non-hydrogen) atoms. The molecule has 8 nitrogen and oxygen atoms in total. The van der Waals surface area contributed by atoms with Gasteiger partial charge >= 0.3 is 0 Å². The number of aryl methyl sites for hydroxylation is 2. The molecule has 3 rings (SSSR count). The summed E-state index contributed by atoms with van der Waals surface area (Å²) in [6.45, 7) is 3.68. The Morgan fingerprint density at radius 1 is 1.16 bits per heavy atom. The van der Waals surface area contributed by atoms with E-state index in [4.69, 9.17) is 21.7 Å². The first-order valence-electron chi connectivity index (χ1n) is 9.43. The first-order chi connectivity index (χ1) is 15.2. The fraction of sp³-hybridized carbons (Fsp3) is 0.182. The van der Waals surface area contributed by atoms with Gasteiger partial charge in [0.05, 0.1) is 10.7 Å². The molecule has 1 aliphatic rings. The Morgan fingerprint density at radius 3 is 2.47 bits per heavy atom. The van der Waals surface area contributed by atoms with Gasteiger partial charge in [0.1, 0.15) is 5.57 Å². The summed E-state index contributed by atoms with van der Waals surface area (Å²) in [6.07, 6.45) is 1.42. The third kappa shape index (κ3) is 5.62. The molecule has 3 N–H and O–H groups in total. The van der Waals surface area contributed by atoms with Crippen molar-refractivity contribution in [2.75, 3.05) is 19.0 Å². The zero-order valence-electron chi connectivity index (χ0n) is 17.5. The van der Waals surface area contributed by atoms with Crippen LogP contribution in [0.2, 0.25) is 0 Å². The quantitative estimate of drug-likeness (QED) is 0.216. The number of nitrogens with one attached hydrogen (secondary N) is 3. The van der Waals surface area contributed by atoms with Crippen molar-refractivity contribution in [1.29, 1.82) is 0 Å². The van der Waals surface area contributed by atoms with E-state index in [9.17, 15) is 14.4 Å². The molecule has 1 fully saturated rings. The Bertz CT molecular complexity index is 1140. The van der Waals surface area contributed by atoms with Gasteiger partial charge in [0.25, 0.3) is 17.7 Å². The van der Waals surface area contributed by atoms with Crippen molar-refractivity contribution in [3.05, 3.63) is 56.2 Å². The van der Waals surface area contributed by atoms with Crippen LogP contribution in [0.1, 0.15) is 16.7 Å². The lowest BCUT2D eigenvalue weighted by Crippen LogP contribution is -2.51. The van der Waals surface area contributed by atoms with Crippen LogP contribution in [0, 0.1) is 17.4 Å². The lowest BCUT2D eigenvalue weighted by molar-refractivity contribution is -0.123. The van der Waals surface area contributed by atoms with Gasteiger partial charge in [-0.05, 0) is 84.1 Å². The van der Waals surface area contributed by atoms with Gasteiger partial charge in [0.15, 0.2) is 23.2 Å². The second-order valence-electron chi connectivity index (χ2n) is 6.98. The van der Waals surface area contributed by atoms with Crippen LogP contribution in [0.4, 0.5) is 5.69 Å². The van der Waals surface area contributed by atoms with Crippen molar-refractivity contribution in [2.45, 2.75) is 13.8 Å². The van der Waals surface area contributed by atoms with Crippen LogP contribution >= 0.6 is 34.8 Å². The number of ether oxygens (including phenoxy) is 2. The summed E-state index contributed by atoms with van der Waals surface area (Å²) in [7, 11) is 1.46. The van der Waals surface area contributed by atoms with Gasteiger partial charge < -0.3 is 14.8 Å². The molecule has 0 bridgehead atoms. The predicted molar refractivity (Wildman–Crippen MR) is 133 cm³/mol. The molecule has 0 aromatic heterocycles. The molecule has 1 heterocycles. The van der Waals surface area contributed by atoms with E-state index in [1.54, 1.807) is 12.1 Å². The molecule has 1 saturated heterocycles. The number of benzene rings is 2. The van der Waals surface area contributed by atoms with Crippen LogP contribution in [-0.4, -0.2) is 36.6 Å². The van der Waals surface area contributed by atoms with Crippen molar-refractivity contribution in [3.8, 4) is 11.5 Å². The van der Waals surface area contributed by atoms with Gasteiger partial charge in [-0.15, -0.1) is 0 Å². The number of amides is 3. The summed E-state index contributed by atoms with van der Waals surface area (Å²) in [5, 5.41) is 7.56. The number of methoxy groups -OCH3 is 1. The van der Waals surface area contributed by atoms with E-state index >= 15 is 0 Å². The first kappa shape index (κ1) is 23.7. The zero-order valence-corrected chi connectivity index (χ0v) is 20.5. The molecule has 0 spiro atoms. The van der Waals surface area contributed by atoms with Gasteiger partial charge in [0, 0.05) is 5.69 Å². The standard InChI is InChI=1S/C22H20IN3O5S/c1-11-4-5-16(12(2)6-11)24-18(27)10-31-19-15(23)8-13(9-17(19)30-3)7-14-20(28)25-22(32)26-21(14)29/h4-9H,10H2,1-3H3,(H,24,27)(H2,25,26,28,29,32). The number of thiocarbonyl (C=S) groups is 1. The molecule has 166 valence electrons. The maximum absolute atomic E-state index is 12.4. The monoisotopic (exact) mass is 565 g/mol. The minimum Gasteiger partial charge on any atom is -0.493 e. The third-order valence-corrected chi connectivity index (χ3v) is 5.52. The normalized spacial score (nSPS) is 13.2. The molecule has 0 aliphatic carbocycles. The van der Waals surface area contributed by atoms with Gasteiger partial charge in [-0.2, -0.15) is 0 Å². The highest BCUT2D eigenvalue weighted by molar-refractivity contribution is 14.1. The van der Waals surface area contributed by atoms with Crippen molar-refractivity contribution in [2.24, 2.45) is 0 Å². The number of hydrogen-bond donors (Lipinski definition) is 3. The maximum atomic E-state index is 12.4. The molecular weight excluding hydrogens is 545 g/mol. The van der Waals surface area contributed by atoms with Gasteiger partial charge in [-0.25, -0.2) is 0 Å². The highest BCUT2D eigenvalue weighted by Gasteiger charge is 2.26. The number of rotatable bonds is 6. The lowest BCUT2D eigenvalue weighted by Gasteiger charge is -2.17. The zero-order chi connectivity index (χ0) is 23.4. The molecular formula is C22H20IN3O5S. The largest absolute Gasteiger partial charge is 0.493 e. The average Bonchev–Trinajstić information content (AvgIpc) is 2.71. The van der Waals surface area contributed by atoms with Crippen LogP contribution < -0.4 is 25.4 Å². The molecule has 0 atom stereocenters. The Hall–Kier alpha value is -2.99. The van der Waals surface area contributed by atoms with E-state index in [1.807, 2.05) is 54.6 Å². The second-order valence-corrected chi connectivity index (χ2v) is 8.56. The molecule has 10 heteroatoms. The highest BCUT2D eigenvalue weighted by atomic mass is 127. The van der Waals surface area contributed by atoms with E-state index in [0.29, 0.717) is 20.6 Å². The number of hydrogen-bond acceptors (Lipinski definition) is 6. The fourth-order valence-corrected chi connectivity index (χ4v) is 3.98. The molecule has 1 aliphatic heterocycles. The molecule has 0 radical (unpaired) electrons. The van der Waals surface area contributed by atoms with Gasteiger partial charge in [-0.1, -0.05) is 17.7 Å². The van der Waals surface area contributed by atoms with Crippen LogP contribution in [0.25, 0.3) is 6.08 Å². The minimum absolute atomic E-state index is 0.0350. The topological polar surface area (TPSA) is 106 Å². The minimum atomic E-state index is -0.587. The van der Waals surface area contributed by atoms with Crippen LogP contribution in [0.15, 0.2) is 35.9 Å². The predicted octanol–water partition coefficient (Wildman–Crippen LogP) is 2.85. The van der Waals surface area contributed by atoms with Crippen molar-refractivity contribution < 1.29 is 23.9 Å². The van der Waals surface area contributed by atoms with E-state index in [0.717, 1.165) is 16.8 Å².